The molecule has 0 saturated carbocycles. The minimum Gasteiger partial charge on any atom is -0.0622 e. The van der Waals surface area contributed by atoms with Crippen LogP contribution in [0.15, 0.2) is 121 Å². The van der Waals surface area contributed by atoms with E-state index in [1.807, 2.05) is 0 Å². The van der Waals surface area contributed by atoms with E-state index in [2.05, 4.69) is 121 Å². The molecule has 0 aromatic heterocycles. The number of benzene rings is 4. The zero-order chi connectivity index (χ0) is 27.5. The van der Waals surface area contributed by atoms with Gasteiger partial charge >= 0.3 is 0 Å². The Morgan fingerprint density at radius 1 is 0.250 bits per heavy atom. The van der Waals surface area contributed by atoms with Crippen molar-refractivity contribution in [1.29, 1.82) is 0 Å². The Bertz CT molecular complexity index is 971. The highest BCUT2D eigenvalue weighted by Gasteiger charge is 2.13. The van der Waals surface area contributed by atoms with Gasteiger partial charge in [0.1, 0.15) is 0 Å². The van der Waals surface area contributed by atoms with Gasteiger partial charge in [0.15, 0.2) is 0 Å². The molecule has 0 spiro atoms. The lowest BCUT2D eigenvalue weighted by Crippen LogP contribution is -2.13. The number of hydrogen-bond donors (Lipinski definition) is 0. The first-order valence-electron chi connectivity index (χ1n) is 15.7. The van der Waals surface area contributed by atoms with Gasteiger partial charge in [0.25, 0.3) is 0 Å². The van der Waals surface area contributed by atoms with E-state index in [0.717, 1.165) is 0 Å². The highest BCUT2D eigenvalue weighted by Crippen LogP contribution is 2.36. The molecule has 0 heterocycles. The average Bonchev–Trinajstić information content (AvgIpc) is 3.03. The SMILES string of the molecule is c1ccc(P(CCCCCCCCCCCCCCP(c2ccccc2)c2ccccc2)c2ccccc2)cc1. The van der Waals surface area contributed by atoms with E-state index in [9.17, 15) is 0 Å². The van der Waals surface area contributed by atoms with Crippen LogP contribution in [0.5, 0.6) is 0 Å². The fraction of sp³-hybridized carbons (Fsp3) is 0.368. The summed E-state index contributed by atoms with van der Waals surface area (Å²) in [5.74, 6) is 0. The Balaban J connectivity index is 1.02. The third-order valence-corrected chi connectivity index (χ3v) is 13.0. The minimum absolute atomic E-state index is 0.217. The van der Waals surface area contributed by atoms with E-state index < -0.39 is 0 Å². The van der Waals surface area contributed by atoms with E-state index in [1.54, 1.807) is 0 Å². The molecular formula is C38H48P2. The Labute approximate surface area is 247 Å². The first-order valence-corrected chi connectivity index (χ1v) is 18.7. The molecule has 0 atom stereocenters. The van der Waals surface area contributed by atoms with Crippen molar-refractivity contribution in [3.63, 3.8) is 0 Å². The minimum atomic E-state index is -0.217. The van der Waals surface area contributed by atoms with Crippen LogP contribution in [-0.2, 0) is 0 Å². The van der Waals surface area contributed by atoms with E-state index in [0.29, 0.717) is 0 Å². The largest absolute Gasteiger partial charge is 0.0622 e. The summed E-state index contributed by atoms with van der Waals surface area (Å²) in [6, 6.07) is 44.7. The Morgan fingerprint density at radius 2 is 0.450 bits per heavy atom. The summed E-state index contributed by atoms with van der Waals surface area (Å²) in [5, 5.41) is 6.10. The molecule has 0 saturated heterocycles. The number of rotatable bonds is 19. The Morgan fingerprint density at radius 3 is 0.675 bits per heavy atom. The summed E-state index contributed by atoms with van der Waals surface area (Å²) in [7, 11) is -0.434. The maximum atomic E-state index is 2.33. The van der Waals surface area contributed by atoms with E-state index >= 15 is 0 Å². The van der Waals surface area contributed by atoms with Gasteiger partial charge in [-0.05, 0) is 62.2 Å². The molecule has 210 valence electrons. The van der Waals surface area contributed by atoms with Crippen molar-refractivity contribution in [2.75, 3.05) is 12.3 Å². The maximum Gasteiger partial charge on any atom is -0.0195 e. The molecule has 0 nitrogen and oxygen atoms in total. The Hall–Kier alpha value is -2.26. The molecule has 2 heteroatoms. The van der Waals surface area contributed by atoms with Crippen LogP contribution in [0.2, 0.25) is 0 Å². The summed E-state index contributed by atoms with van der Waals surface area (Å²) in [6.07, 6.45) is 19.4. The van der Waals surface area contributed by atoms with Crippen molar-refractivity contribution in [3.8, 4) is 0 Å². The first kappa shape index (κ1) is 30.7. The van der Waals surface area contributed by atoms with Crippen molar-refractivity contribution >= 4 is 37.1 Å². The maximum absolute atomic E-state index is 2.33. The molecule has 0 bridgehead atoms. The normalized spacial score (nSPS) is 11.3. The second kappa shape index (κ2) is 19.0. The highest BCUT2D eigenvalue weighted by atomic mass is 31.1. The van der Waals surface area contributed by atoms with Gasteiger partial charge in [-0.15, -0.1) is 0 Å². The van der Waals surface area contributed by atoms with Crippen LogP contribution >= 0.6 is 15.8 Å². The molecule has 0 aliphatic carbocycles. The van der Waals surface area contributed by atoms with Crippen molar-refractivity contribution in [2.24, 2.45) is 0 Å². The average molecular weight is 567 g/mol. The number of hydrogen-bond acceptors (Lipinski definition) is 0. The predicted octanol–water partition coefficient (Wildman–Crippen LogP) is 9.93. The summed E-state index contributed by atoms with van der Waals surface area (Å²) in [6.45, 7) is 0. The van der Waals surface area contributed by atoms with Gasteiger partial charge in [-0.1, -0.05) is 186 Å². The van der Waals surface area contributed by atoms with E-state index in [1.165, 1.54) is 111 Å². The topological polar surface area (TPSA) is 0 Å². The van der Waals surface area contributed by atoms with Gasteiger partial charge in [-0.3, -0.25) is 0 Å². The van der Waals surface area contributed by atoms with Gasteiger partial charge in [0.2, 0.25) is 0 Å². The molecule has 4 rings (SSSR count). The molecule has 0 aliphatic rings. The van der Waals surface area contributed by atoms with Crippen molar-refractivity contribution in [1.82, 2.24) is 0 Å². The van der Waals surface area contributed by atoms with Crippen LogP contribution in [-0.4, -0.2) is 12.3 Å². The summed E-state index contributed by atoms with van der Waals surface area (Å²) >= 11 is 0. The molecule has 40 heavy (non-hydrogen) atoms. The smallest absolute Gasteiger partial charge is 0.0195 e. The lowest BCUT2D eigenvalue weighted by Gasteiger charge is -2.18. The van der Waals surface area contributed by atoms with Crippen LogP contribution in [0.1, 0.15) is 77.0 Å². The standard InChI is InChI=1S/C38H48P2/c1(3-5-7-9-23-33-39(35-25-15-11-16-26-35)36-27-17-12-18-28-36)2-4-6-8-10-24-34-40(37-29-19-13-20-30-37)38-31-21-14-22-32-38/h11-22,25-32H,1-10,23-24,33-34H2. The molecule has 4 aromatic carbocycles. The molecule has 0 fully saturated rings. The predicted molar refractivity (Wildman–Crippen MR) is 183 cm³/mol. The molecule has 0 amide bonds. The lowest BCUT2D eigenvalue weighted by molar-refractivity contribution is 0.548. The molecule has 0 aliphatic heterocycles. The lowest BCUT2D eigenvalue weighted by atomic mass is 10.1. The quantitative estimate of drug-likeness (QED) is 0.0783. The van der Waals surface area contributed by atoms with Crippen LogP contribution in [0.4, 0.5) is 0 Å². The third-order valence-electron chi connectivity index (χ3n) is 7.78. The zero-order valence-electron chi connectivity index (χ0n) is 24.3. The summed E-state index contributed by atoms with van der Waals surface area (Å²) in [4.78, 5) is 0. The van der Waals surface area contributed by atoms with Crippen molar-refractivity contribution in [3.05, 3.63) is 121 Å². The molecule has 0 radical (unpaired) electrons. The van der Waals surface area contributed by atoms with Gasteiger partial charge in [-0.25, -0.2) is 0 Å². The second-order valence-corrected chi connectivity index (χ2v) is 15.6. The van der Waals surface area contributed by atoms with Crippen LogP contribution in [0.25, 0.3) is 0 Å². The van der Waals surface area contributed by atoms with Crippen molar-refractivity contribution in [2.45, 2.75) is 77.0 Å². The van der Waals surface area contributed by atoms with Gasteiger partial charge in [0.05, 0.1) is 0 Å². The number of unbranched alkanes of at least 4 members (excludes halogenated alkanes) is 11. The second-order valence-electron chi connectivity index (χ2n) is 10.9. The fourth-order valence-corrected chi connectivity index (χ4v) is 10.4. The summed E-state index contributed by atoms with van der Waals surface area (Å²) < 4.78 is 0. The molecule has 4 aromatic rings. The zero-order valence-corrected chi connectivity index (χ0v) is 26.1. The van der Waals surface area contributed by atoms with E-state index in [4.69, 9.17) is 0 Å². The van der Waals surface area contributed by atoms with Crippen LogP contribution < -0.4 is 21.2 Å². The Kier molecular flexibility index (Phi) is 14.6. The summed E-state index contributed by atoms with van der Waals surface area (Å²) in [5.41, 5.74) is 0. The van der Waals surface area contributed by atoms with Crippen LogP contribution in [0.3, 0.4) is 0 Å². The van der Waals surface area contributed by atoms with Crippen molar-refractivity contribution < 1.29 is 0 Å². The van der Waals surface area contributed by atoms with Gasteiger partial charge < -0.3 is 0 Å². The van der Waals surface area contributed by atoms with Gasteiger partial charge in [0, 0.05) is 0 Å². The van der Waals surface area contributed by atoms with Gasteiger partial charge in [-0.2, -0.15) is 0 Å². The monoisotopic (exact) mass is 566 g/mol. The third kappa shape index (κ3) is 11.0. The molecule has 0 unspecified atom stereocenters. The van der Waals surface area contributed by atoms with Crippen LogP contribution in [0, 0.1) is 0 Å². The fourth-order valence-electron chi connectivity index (χ4n) is 5.55. The highest BCUT2D eigenvalue weighted by molar-refractivity contribution is 7.73. The van der Waals surface area contributed by atoms with E-state index in [-0.39, 0.29) is 15.8 Å². The molecule has 0 N–H and O–H groups in total. The first-order chi connectivity index (χ1) is 19.9. The molecular weight excluding hydrogens is 518 g/mol.